The molecule has 2 atom stereocenters. The molecule has 1 amide bonds. The molecule has 0 unspecified atom stereocenters. The van der Waals surface area contributed by atoms with Crippen molar-refractivity contribution in [1.29, 1.82) is 0 Å². The molecule has 4 heteroatoms. The van der Waals surface area contributed by atoms with Gasteiger partial charge in [0.1, 0.15) is 5.60 Å². The number of carbonyl (C=O) groups excluding carboxylic acids is 1. The summed E-state index contributed by atoms with van der Waals surface area (Å²) in [4.78, 5) is 13.1. The molecule has 4 nitrogen and oxygen atoms in total. The zero-order chi connectivity index (χ0) is 10.9. The van der Waals surface area contributed by atoms with E-state index < -0.39 is 11.7 Å². The Morgan fingerprint density at radius 2 is 2.14 bits per heavy atom. The van der Waals surface area contributed by atoms with Gasteiger partial charge in [-0.3, -0.25) is 0 Å². The molecule has 82 valence electrons. The molecule has 0 saturated carbocycles. The SMILES string of the molecule is C[C@H](O)[C@H]1CCN1C(=O)OC(C)(C)C. The predicted octanol–water partition coefficient (Wildman–Crippen LogP) is 1.38. The van der Waals surface area contributed by atoms with Crippen molar-refractivity contribution in [2.24, 2.45) is 0 Å². The van der Waals surface area contributed by atoms with Crippen LogP contribution in [0.25, 0.3) is 0 Å². The first-order chi connectivity index (χ1) is 6.31. The molecular weight excluding hydrogens is 182 g/mol. The monoisotopic (exact) mass is 201 g/mol. The highest BCUT2D eigenvalue weighted by molar-refractivity contribution is 5.69. The summed E-state index contributed by atoms with van der Waals surface area (Å²) < 4.78 is 5.20. The number of hydrogen-bond acceptors (Lipinski definition) is 3. The molecule has 1 rings (SSSR count). The molecule has 1 aliphatic rings. The van der Waals surface area contributed by atoms with Crippen molar-refractivity contribution in [3.8, 4) is 0 Å². The first-order valence-corrected chi connectivity index (χ1v) is 4.99. The maximum Gasteiger partial charge on any atom is 0.410 e. The fourth-order valence-corrected chi connectivity index (χ4v) is 1.46. The van der Waals surface area contributed by atoms with Gasteiger partial charge in [-0.15, -0.1) is 0 Å². The summed E-state index contributed by atoms with van der Waals surface area (Å²) in [7, 11) is 0. The van der Waals surface area contributed by atoms with Crippen LogP contribution < -0.4 is 0 Å². The van der Waals surface area contributed by atoms with E-state index in [1.807, 2.05) is 20.8 Å². The van der Waals surface area contributed by atoms with Crippen LogP contribution in [-0.2, 0) is 4.74 Å². The Bertz CT molecular complexity index is 220. The highest BCUT2D eigenvalue weighted by atomic mass is 16.6. The zero-order valence-electron chi connectivity index (χ0n) is 9.28. The predicted molar refractivity (Wildman–Crippen MR) is 53.0 cm³/mol. The van der Waals surface area contributed by atoms with Crippen molar-refractivity contribution in [3.63, 3.8) is 0 Å². The lowest BCUT2D eigenvalue weighted by Gasteiger charge is -2.42. The molecule has 0 aromatic rings. The Kier molecular flexibility index (Phi) is 3.04. The number of rotatable bonds is 1. The van der Waals surface area contributed by atoms with Crippen molar-refractivity contribution in [3.05, 3.63) is 0 Å². The van der Waals surface area contributed by atoms with Gasteiger partial charge in [0, 0.05) is 6.54 Å². The van der Waals surface area contributed by atoms with Crippen molar-refractivity contribution < 1.29 is 14.6 Å². The number of hydrogen-bond donors (Lipinski definition) is 1. The second kappa shape index (κ2) is 3.77. The molecule has 14 heavy (non-hydrogen) atoms. The summed E-state index contributed by atoms with van der Waals surface area (Å²) in [6.07, 6.45) is 0.0580. The quantitative estimate of drug-likeness (QED) is 0.697. The van der Waals surface area contributed by atoms with E-state index >= 15 is 0 Å². The molecule has 0 aromatic heterocycles. The van der Waals surface area contributed by atoms with E-state index in [9.17, 15) is 9.90 Å². The summed E-state index contributed by atoms with van der Waals surface area (Å²) in [5.74, 6) is 0. The lowest BCUT2D eigenvalue weighted by molar-refractivity contribution is -0.0355. The van der Waals surface area contributed by atoms with Crippen LogP contribution in [0.15, 0.2) is 0 Å². The second-order valence-electron chi connectivity index (χ2n) is 4.77. The number of nitrogens with zero attached hydrogens (tertiary/aromatic N) is 1. The third kappa shape index (κ3) is 2.61. The molecule has 0 bridgehead atoms. The van der Waals surface area contributed by atoms with Crippen LogP contribution in [0.1, 0.15) is 34.1 Å². The molecule has 0 aliphatic carbocycles. The summed E-state index contributed by atoms with van der Waals surface area (Å²) >= 11 is 0. The van der Waals surface area contributed by atoms with Gasteiger partial charge in [-0.1, -0.05) is 0 Å². The maximum absolute atomic E-state index is 11.5. The highest BCUT2D eigenvalue weighted by Gasteiger charge is 2.37. The first kappa shape index (κ1) is 11.3. The average Bonchev–Trinajstić information content (AvgIpc) is 1.75. The van der Waals surface area contributed by atoms with Gasteiger partial charge >= 0.3 is 6.09 Å². The van der Waals surface area contributed by atoms with E-state index in [1.54, 1.807) is 11.8 Å². The Labute approximate surface area is 84.8 Å². The van der Waals surface area contributed by atoms with Crippen LogP contribution in [-0.4, -0.2) is 40.4 Å². The van der Waals surface area contributed by atoms with Gasteiger partial charge in [0.2, 0.25) is 0 Å². The molecule has 1 N–H and O–H groups in total. The molecule has 1 heterocycles. The lowest BCUT2D eigenvalue weighted by atomic mass is 9.99. The Hall–Kier alpha value is -0.770. The van der Waals surface area contributed by atoms with Gasteiger partial charge in [-0.25, -0.2) is 4.79 Å². The van der Waals surface area contributed by atoms with E-state index in [0.29, 0.717) is 6.54 Å². The van der Waals surface area contributed by atoms with Gasteiger partial charge in [-0.2, -0.15) is 0 Å². The topological polar surface area (TPSA) is 49.8 Å². The summed E-state index contributed by atoms with van der Waals surface area (Å²) in [6.45, 7) is 7.89. The first-order valence-electron chi connectivity index (χ1n) is 4.99. The highest BCUT2D eigenvalue weighted by Crippen LogP contribution is 2.23. The Morgan fingerprint density at radius 1 is 1.57 bits per heavy atom. The standard InChI is InChI=1S/C10H19NO3/c1-7(12)8-5-6-11(8)9(13)14-10(2,3)4/h7-8,12H,5-6H2,1-4H3/t7-,8+/m0/s1. The molecular formula is C10H19NO3. The summed E-state index contributed by atoms with van der Waals surface area (Å²) in [5.41, 5.74) is -0.462. The Balaban J connectivity index is 2.46. The van der Waals surface area contributed by atoms with Gasteiger partial charge in [0.25, 0.3) is 0 Å². The van der Waals surface area contributed by atoms with E-state index in [-0.39, 0.29) is 12.1 Å². The molecule has 1 saturated heterocycles. The van der Waals surface area contributed by atoms with Gasteiger partial charge in [0.15, 0.2) is 0 Å². The second-order valence-corrected chi connectivity index (χ2v) is 4.77. The number of aliphatic hydroxyl groups is 1. The maximum atomic E-state index is 11.5. The van der Waals surface area contributed by atoms with E-state index in [4.69, 9.17) is 4.74 Å². The van der Waals surface area contributed by atoms with Crippen LogP contribution in [0, 0.1) is 0 Å². The van der Waals surface area contributed by atoms with Crippen molar-refractivity contribution in [1.82, 2.24) is 4.90 Å². The number of aliphatic hydroxyl groups excluding tert-OH is 1. The zero-order valence-corrected chi connectivity index (χ0v) is 9.28. The summed E-state index contributed by atoms with van der Waals surface area (Å²) in [5, 5.41) is 9.34. The largest absolute Gasteiger partial charge is 0.444 e. The molecule has 1 aliphatic heterocycles. The molecule has 1 fully saturated rings. The fraction of sp³-hybridized carbons (Fsp3) is 0.900. The Morgan fingerprint density at radius 3 is 2.43 bits per heavy atom. The molecule has 0 radical (unpaired) electrons. The van der Waals surface area contributed by atoms with Crippen LogP contribution in [0.4, 0.5) is 4.79 Å². The smallest absolute Gasteiger partial charge is 0.410 e. The van der Waals surface area contributed by atoms with Gasteiger partial charge < -0.3 is 14.7 Å². The van der Waals surface area contributed by atoms with Crippen LogP contribution in [0.3, 0.4) is 0 Å². The number of likely N-dealkylation sites (tertiary alicyclic amines) is 1. The van der Waals surface area contributed by atoms with Crippen molar-refractivity contribution in [2.75, 3.05) is 6.54 Å². The number of amides is 1. The van der Waals surface area contributed by atoms with Crippen LogP contribution >= 0.6 is 0 Å². The number of carbonyl (C=O) groups is 1. The van der Waals surface area contributed by atoms with Gasteiger partial charge in [0.05, 0.1) is 12.1 Å². The molecule has 0 aromatic carbocycles. The third-order valence-corrected chi connectivity index (χ3v) is 2.25. The van der Waals surface area contributed by atoms with E-state index in [1.165, 1.54) is 0 Å². The average molecular weight is 201 g/mol. The minimum absolute atomic E-state index is 0.0650. The fourth-order valence-electron chi connectivity index (χ4n) is 1.46. The van der Waals surface area contributed by atoms with Crippen molar-refractivity contribution in [2.45, 2.75) is 51.9 Å². The minimum atomic E-state index is -0.476. The van der Waals surface area contributed by atoms with Crippen LogP contribution in [0.5, 0.6) is 0 Å². The van der Waals surface area contributed by atoms with E-state index in [2.05, 4.69) is 0 Å². The third-order valence-electron chi connectivity index (χ3n) is 2.25. The molecule has 0 spiro atoms. The van der Waals surface area contributed by atoms with E-state index in [0.717, 1.165) is 6.42 Å². The van der Waals surface area contributed by atoms with Gasteiger partial charge in [-0.05, 0) is 34.1 Å². The minimum Gasteiger partial charge on any atom is -0.444 e. The van der Waals surface area contributed by atoms with Crippen molar-refractivity contribution >= 4 is 6.09 Å². The normalized spacial score (nSPS) is 24.1. The summed E-state index contributed by atoms with van der Waals surface area (Å²) in [6, 6.07) is -0.0650. The van der Waals surface area contributed by atoms with Crippen LogP contribution in [0.2, 0.25) is 0 Å². The lowest BCUT2D eigenvalue weighted by Crippen LogP contribution is -2.57. The number of ether oxygens (including phenoxy) is 1.